The monoisotopic (exact) mass is 282 g/mol. The number of aliphatic hydroxyl groups excluding tert-OH is 1. The van der Waals surface area contributed by atoms with Crippen LogP contribution < -0.4 is 0 Å². The highest BCUT2D eigenvalue weighted by molar-refractivity contribution is 5.20. The molecule has 1 N–H and O–H groups in total. The first-order valence-corrected chi connectivity index (χ1v) is 7.59. The van der Waals surface area contributed by atoms with Crippen LogP contribution in [0.3, 0.4) is 0 Å². The molecule has 4 unspecified atom stereocenters. The first-order chi connectivity index (χ1) is 9.43. The largest absolute Gasteiger partial charge is 0.390 e. The fraction of sp³-hybridized carbons (Fsp3) is 0.875. The molecule has 0 amide bonds. The normalized spacial score (nSPS) is 50.0. The van der Waals surface area contributed by atoms with Crippen LogP contribution in [0.5, 0.6) is 0 Å². The minimum atomic E-state index is -0.412. The lowest BCUT2D eigenvalue weighted by molar-refractivity contribution is -0.116. The summed E-state index contributed by atoms with van der Waals surface area (Å²) < 4.78 is 17.4. The molecule has 3 aliphatic rings. The summed E-state index contributed by atoms with van der Waals surface area (Å²) >= 11 is 0. The second-order valence-corrected chi connectivity index (χ2v) is 6.94. The average Bonchev–Trinajstić information content (AvgIpc) is 3.29. The number of aliphatic hydroxyl groups is 1. The summed E-state index contributed by atoms with van der Waals surface area (Å²) in [6.07, 6.45) is 4.43. The molecule has 0 radical (unpaired) electrons. The number of methoxy groups -OCH3 is 1. The molecule has 0 aromatic rings. The molecule has 1 spiro atoms. The Kier molecular flexibility index (Phi) is 3.49. The van der Waals surface area contributed by atoms with Gasteiger partial charge in [-0.1, -0.05) is 11.6 Å². The van der Waals surface area contributed by atoms with E-state index < -0.39 is 6.10 Å². The van der Waals surface area contributed by atoms with E-state index in [0.717, 1.165) is 25.9 Å². The molecule has 2 saturated heterocycles. The van der Waals surface area contributed by atoms with Gasteiger partial charge in [-0.25, -0.2) is 0 Å². The Balaban J connectivity index is 1.78. The van der Waals surface area contributed by atoms with E-state index in [1.807, 2.05) is 0 Å². The van der Waals surface area contributed by atoms with Gasteiger partial charge in [0.05, 0.1) is 36.4 Å². The zero-order valence-electron chi connectivity index (χ0n) is 12.9. The van der Waals surface area contributed by atoms with Crippen LogP contribution in [-0.4, -0.2) is 48.3 Å². The van der Waals surface area contributed by atoms with Crippen LogP contribution in [-0.2, 0) is 14.2 Å². The van der Waals surface area contributed by atoms with Crippen molar-refractivity contribution in [3.63, 3.8) is 0 Å². The fourth-order valence-corrected chi connectivity index (χ4v) is 3.96. The first-order valence-electron chi connectivity index (χ1n) is 7.59. The first kappa shape index (κ1) is 14.5. The van der Waals surface area contributed by atoms with Gasteiger partial charge < -0.3 is 19.3 Å². The lowest BCUT2D eigenvalue weighted by atomic mass is 9.68. The van der Waals surface area contributed by atoms with Crippen molar-refractivity contribution >= 4 is 0 Å². The lowest BCUT2D eigenvalue weighted by Crippen LogP contribution is -2.54. The summed E-state index contributed by atoms with van der Waals surface area (Å²) in [6.45, 7) is 7.13. The predicted octanol–water partition coefficient (Wildman–Crippen LogP) is 2.06. The molecule has 1 saturated carbocycles. The minimum absolute atomic E-state index is 0.117. The molecule has 0 aromatic carbocycles. The van der Waals surface area contributed by atoms with E-state index in [1.165, 1.54) is 5.57 Å². The van der Waals surface area contributed by atoms with E-state index in [-0.39, 0.29) is 29.3 Å². The Bertz CT molecular complexity index is 411. The van der Waals surface area contributed by atoms with E-state index in [2.05, 4.69) is 26.8 Å². The van der Waals surface area contributed by atoms with Gasteiger partial charge >= 0.3 is 0 Å². The van der Waals surface area contributed by atoms with Crippen molar-refractivity contribution in [1.29, 1.82) is 0 Å². The Labute approximate surface area is 121 Å². The highest BCUT2D eigenvalue weighted by Gasteiger charge is 2.71. The van der Waals surface area contributed by atoms with E-state index >= 15 is 0 Å². The van der Waals surface area contributed by atoms with Crippen molar-refractivity contribution in [1.82, 2.24) is 0 Å². The lowest BCUT2D eigenvalue weighted by Gasteiger charge is -2.41. The van der Waals surface area contributed by atoms with Gasteiger partial charge in [-0.15, -0.1) is 0 Å². The zero-order valence-corrected chi connectivity index (χ0v) is 12.9. The second kappa shape index (κ2) is 4.80. The van der Waals surface area contributed by atoms with Gasteiger partial charge in [0.15, 0.2) is 0 Å². The molecule has 1 aliphatic carbocycles. The molecule has 3 fully saturated rings. The Morgan fingerprint density at radius 2 is 2.15 bits per heavy atom. The van der Waals surface area contributed by atoms with Gasteiger partial charge in [0.25, 0.3) is 0 Å². The second-order valence-electron chi connectivity index (χ2n) is 6.94. The highest BCUT2D eigenvalue weighted by atomic mass is 16.6. The SMILES string of the molecule is COC1C(O)CC[C@@]2(CO2)C1[C@@]1(C)OC1CC=C(C)C. The Morgan fingerprint density at radius 1 is 1.45 bits per heavy atom. The molecule has 4 nitrogen and oxygen atoms in total. The number of allylic oxidation sites excluding steroid dienone is 1. The van der Waals surface area contributed by atoms with E-state index in [4.69, 9.17) is 14.2 Å². The number of hydrogen-bond donors (Lipinski definition) is 1. The van der Waals surface area contributed by atoms with Gasteiger partial charge in [0, 0.05) is 7.11 Å². The van der Waals surface area contributed by atoms with E-state index in [0.29, 0.717) is 0 Å². The smallest absolute Gasteiger partial charge is 0.101 e. The summed E-state index contributed by atoms with van der Waals surface area (Å²) in [7, 11) is 1.68. The number of epoxide rings is 2. The topological polar surface area (TPSA) is 54.5 Å². The number of ether oxygens (including phenoxy) is 3. The molecule has 2 aliphatic heterocycles. The summed E-state index contributed by atoms with van der Waals surface area (Å²) in [5, 5.41) is 10.2. The van der Waals surface area contributed by atoms with Crippen molar-refractivity contribution < 1.29 is 19.3 Å². The summed E-state index contributed by atoms with van der Waals surface area (Å²) in [5.41, 5.74) is 0.964. The molecule has 4 heteroatoms. The van der Waals surface area contributed by atoms with Crippen LogP contribution in [0.1, 0.15) is 40.0 Å². The summed E-state index contributed by atoms with van der Waals surface area (Å²) in [6, 6.07) is 0. The Hall–Kier alpha value is -0.420. The molecule has 2 heterocycles. The van der Waals surface area contributed by atoms with Gasteiger partial charge in [-0.3, -0.25) is 0 Å². The van der Waals surface area contributed by atoms with Gasteiger partial charge in [-0.2, -0.15) is 0 Å². The summed E-state index contributed by atoms with van der Waals surface area (Å²) in [5.74, 6) is 0.124. The minimum Gasteiger partial charge on any atom is -0.390 e. The molecular weight excluding hydrogens is 256 g/mol. The third kappa shape index (κ3) is 2.23. The molecular formula is C16H26O4. The molecule has 3 rings (SSSR count). The van der Waals surface area contributed by atoms with Crippen LogP contribution in [0.15, 0.2) is 11.6 Å². The van der Waals surface area contributed by atoms with Crippen molar-refractivity contribution in [2.24, 2.45) is 5.92 Å². The quantitative estimate of drug-likeness (QED) is 0.633. The third-order valence-electron chi connectivity index (χ3n) is 5.26. The fourth-order valence-electron chi connectivity index (χ4n) is 3.96. The Morgan fingerprint density at radius 3 is 2.70 bits per heavy atom. The summed E-state index contributed by atoms with van der Waals surface area (Å²) in [4.78, 5) is 0. The number of rotatable bonds is 4. The van der Waals surface area contributed by atoms with Crippen LogP contribution >= 0.6 is 0 Å². The zero-order chi connectivity index (χ0) is 14.5. The molecule has 6 atom stereocenters. The maximum Gasteiger partial charge on any atom is 0.101 e. The van der Waals surface area contributed by atoms with Crippen molar-refractivity contribution in [3.05, 3.63) is 11.6 Å². The van der Waals surface area contributed by atoms with Gasteiger partial charge in [-0.05, 0) is 40.0 Å². The maximum absolute atomic E-state index is 10.2. The van der Waals surface area contributed by atoms with Crippen molar-refractivity contribution in [2.75, 3.05) is 13.7 Å². The number of hydrogen-bond acceptors (Lipinski definition) is 4. The van der Waals surface area contributed by atoms with Crippen LogP contribution in [0, 0.1) is 5.92 Å². The average molecular weight is 282 g/mol. The van der Waals surface area contributed by atoms with Gasteiger partial charge in [0.2, 0.25) is 0 Å². The van der Waals surface area contributed by atoms with E-state index in [1.54, 1.807) is 7.11 Å². The molecule has 0 bridgehead atoms. The van der Waals surface area contributed by atoms with Crippen molar-refractivity contribution in [2.45, 2.75) is 69.5 Å². The van der Waals surface area contributed by atoms with Gasteiger partial charge in [0.1, 0.15) is 5.60 Å². The maximum atomic E-state index is 10.2. The van der Waals surface area contributed by atoms with E-state index in [9.17, 15) is 5.11 Å². The molecule has 114 valence electrons. The van der Waals surface area contributed by atoms with Crippen LogP contribution in [0.25, 0.3) is 0 Å². The highest BCUT2D eigenvalue weighted by Crippen LogP contribution is 2.59. The predicted molar refractivity (Wildman–Crippen MR) is 75.5 cm³/mol. The molecule has 20 heavy (non-hydrogen) atoms. The van der Waals surface area contributed by atoms with Crippen molar-refractivity contribution in [3.8, 4) is 0 Å². The van der Waals surface area contributed by atoms with Crippen LogP contribution in [0.2, 0.25) is 0 Å². The standard InChI is InChI=1S/C16H26O4/c1-10(2)5-6-12-15(3,20-12)14-13(18-4)11(17)7-8-16(14)9-19-16/h5,11-14,17H,6-9H2,1-4H3/t11?,12?,13?,14?,15-,16+/m0/s1. The van der Waals surface area contributed by atoms with Crippen LogP contribution in [0.4, 0.5) is 0 Å². The third-order valence-corrected chi connectivity index (χ3v) is 5.26. The molecule has 0 aromatic heterocycles.